The van der Waals surface area contributed by atoms with E-state index in [1.807, 2.05) is 54.6 Å². The topological polar surface area (TPSA) is 47.6 Å². The summed E-state index contributed by atoms with van der Waals surface area (Å²) in [6.45, 7) is 0.705. The van der Waals surface area contributed by atoms with Crippen molar-refractivity contribution in [1.82, 2.24) is 5.32 Å². The second-order valence-electron chi connectivity index (χ2n) is 4.99. The number of methoxy groups -OCH3 is 1. The fourth-order valence-electron chi connectivity index (χ4n) is 2.39. The number of benzene rings is 2. The molecule has 0 saturated heterocycles. The van der Waals surface area contributed by atoms with E-state index in [1.165, 1.54) is 0 Å². The van der Waals surface area contributed by atoms with Crippen LogP contribution in [0.3, 0.4) is 0 Å². The van der Waals surface area contributed by atoms with Crippen LogP contribution < -0.4 is 14.8 Å². The van der Waals surface area contributed by atoms with E-state index >= 15 is 0 Å². The highest BCUT2D eigenvalue weighted by molar-refractivity contribution is 5.99. The van der Waals surface area contributed by atoms with Gasteiger partial charge in [-0.2, -0.15) is 0 Å². The highest BCUT2D eigenvalue weighted by atomic mass is 16.5. The second kappa shape index (κ2) is 6.35. The van der Waals surface area contributed by atoms with Crippen LogP contribution in [-0.2, 0) is 11.3 Å². The maximum Gasteiger partial charge on any atom is 0.250 e. The smallest absolute Gasteiger partial charge is 0.250 e. The molecule has 112 valence electrons. The van der Waals surface area contributed by atoms with Crippen molar-refractivity contribution in [2.45, 2.75) is 6.54 Å². The lowest BCUT2D eigenvalue weighted by molar-refractivity contribution is -0.117. The van der Waals surface area contributed by atoms with Gasteiger partial charge in [-0.25, -0.2) is 0 Å². The lowest BCUT2D eigenvalue weighted by atomic mass is 10.1. The molecule has 0 bridgehead atoms. The SMILES string of the molecule is COc1ccccc1CNC(=O)C1=Cc2ccccc2OC1. The highest BCUT2D eigenvalue weighted by Gasteiger charge is 2.16. The Hall–Kier alpha value is -2.75. The van der Waals surface area contributed by atoms with Gasteiger partial charge in [0, 0.05) is 17.7 Å². The van der Waals surface area contributed by atoms with Crippen molar-refractivity contribution in [3.8, 4) is 11.5 Å². The summed E-state index contributed by atoms with van der Waals surface area (Å²) in [6.07, 6.45) is 1.87. The number of carbonyl (C=O) groups excluding carboxylic acids is 1. The van der Waals surface area contributed by atoms with Crippen molar-refractivity contribution >= 4 is 12.0 Å². The van der Waals surface area contributed by atoms with E-state index in [0.29, 0.717) is 12.1 Å². The molecule has 0 fully saturated rings. The van der Waals surface area contributed by atoms with Gasteiger partial charge in [-0.05, 0) is 18.2 Å². The molecule has 3 rings (SSSR count). The fraction of sp³-hybridized carbons (Fsp3) is 0.167. The van der Waals surface area contributed by atoms with Gasteiger partial charge in [-0.1, -0.05) is 36.4 Å². The van der Waals surface area contributed by atoms with E-state index in [0.717, 1.165) is 22.6 Å². The number of rotatable bonds is 4. The first kappa shape index (κ1) is 14.2. The quantitative estimate of drug-likeness (QED) is 0.943. The van der Waals surface area contributed by atoms with Crippen LogP contribution in [0, 0.1) is 0 Å². The summed E-state index contributed by atoms with van der Waals surface area (Å²) in [5.41, 5.74) is 2.49. The first-order valence-corrected chi connectivity index (χ1v) is 7.10. The van der Waals surface area contributed by atoms with Crippen molar-refractivity contribution in [2.24, 2.45) is 0 Å². The van der Waals surface area contributed by atoms with Crippen molar-refractivity contribution < 1.29 is 14.3 Å². The predicted molar refractivity (Wildman–Crippen MR) is 84.8 cm³/mol. The molecule has 4 heteroatoms. The van der Waals surface area contributed by atoms with Crippen LogP contribution >= 0.6 is 0 Å². The lowest BCUT2D eigenvalue weighted by Gasteiger charge is -2.17. The third-order valence-corrected chi connectivity index (χ3v) is 3.56. The molecule has 4 nitrogen and oxygen atoms in total. The molecule has 2 aromatic carbocycles. The van der Waals surface area contributed by atoms with Crippen LogP contribution in [0.2, 0.25) is 0 Å². The van der Waals surface area contributed by atoms with E-state index in [4.69, 9.17) is 9.47 Å². The summed E-state index contributed by atoms with van der Waals surface area (Å²) >= 11 is 0. The molecule has 0 unspecified atom stereocenters. The molecular weight excluding hydrogens is 278 g/mol. The van der Waals surface area contributed by atoms with Gasteiger partial charge in [0.1, 0.15) is 18.1 Å². The molecule has 0 aliphatic carbocycles. The maximum absolute atomic E-state index is 12.3. The van der Waals surface area contributed by atoms with E-state index in [9.17, 15) is 4.79 Å². The van der Waals surface area contributed by atoms with Crippen LogP contribution in [0.5, 0.6) is 11.5 Å². The number of amides is 1. The number of carbonyl (C=O) groups is 1. The second-order valence-corrected chi connectivity index (χ2v) is 4.99. The van der Waals surface area contributed by atoms with Crippen molar-refractivity contribution in [3.63, 3.8) is 0 Å². The molecular formula is C18H17NO3. The summed E-state index contributed by atoms with van der Waals surface area (Å²) in [5.74, 6) is 1.45. The van der Waals surface area contributed by atoms with Crippen molar-refractivity contribution in [3.05, 3.63) is 65.2 Å². The van der Waals surface area contributed by atoms with Gasteiger partial charge in [0.05, 0.1) is 12.7 Å². The first-order chi connectivity index (χ1) is 10.8. The normalized spacial score (nSPS) is 12.7. The van der Waals surface area contributed by atoms with Crippen LogP contribution in [0.1, 0.15) is 11.1 Å². The summed E-state index contributed by atoms with van der Waals surface area (Å²) < 4.78 is 10.9. The number of ether oxygens (including phenoxy) is 2. The van der Waals surface area contributed by atoms with Gasteiger partial charge in [0.15, 0.2) is 0 Å². The summed E-state index contributed by atoms with van der Waals surface area (Å²) in [6, 6.07) is 15.3. The van der Waals surface area contributed by atoms with Crippen LogP contribution in [0.15, 0.2) is 54.1 Å². The van der Waals surface area contributed by atoms with E-state index in [1.54, 1.807) is 7.11 Å². The zero-order chi connectivity index (χ0) is 15.4. The largest absolute Gasteiger partial charge is 0.496 e. The monoisotopic (exact) mass is 295 g/mol. The van der Waals surface area contributed by atoms with Gasteiger partial charge in [-0.15, -0.1) is 0 Å². The van der Waals surface area contributed by atoms with Crippen LogP contribution in [0.4, 0.5) is 0 Å². The molecule has 1 N–H and O–H groups in total. The van der Waals surface area contributed by atoms with Crippen molar-refractivity contribution in [2.75, 3.05) is 13.7 Å². The van der Waals surface area contributed by atoms with Gasteiger partial charge >= 0.3 is 0 Å². The Balaban J connectivity index is 1.69. The molecule has 1 aliphatic rings. The minimum atomic E-state index is -0.125. The molecule has 0 radical (unpaired) electrons. The van der Waals surface area contributed by atoms with Gasteiger partial charge < -0.3 is 14.8 Å². The third kappa shape index (κ3) is 2.96. The van der Waals surface area contributed by atoms with E-state index in [2.05, 4.69) is 5.32 Å². The van der Waals surface area contributed by atoms with E-state index in [-0.39, 0.29) is 12.5 Å². The Bertz CT molecular complexity index is 722. The molecule has 22 heavy (non-hydrogen) atoms. The fourth-order valence-corrected chi connectivity index (χ4v) is 2.39. The van der Waals surface area contributed by atoms with Gasteiger partial charge in [0.25, 0.3) is 5.91 Å². The number of hydrogen-bond acceptors (Lipinski definition) is 3. The Morgan fingerprint density at radius 2 is 1.95 bits per heavy atom. The van der Waals surface area contributed by atoms with Gasteiger partial charge in [0.2, 0.25) is 0 Å². The summed E-state index contributed by atoms with van der Waals surface area (Å²) in [5, 5.41) is 2.91. The average Bonchev–Trinajstić information content (AvgIpc) is 2.59. The molecule has 1 heterocycles. The first-order valence-electron chi connectivity index (χ1n) is 7.10. The lowest BCUT2D eigenvalue weighted by Crippen LogP contribution is -2.28. The Labute approximate surface area is 129 Å². The standard InChI is InChI=1S/C18H17NO3/c1-21-16-8-4-3-7-14(16)11-19-18(20)15-10-13-6-2-5-9-17(13)22-12-15/h2-10H,11-12H2,1H3,(H,19,20). The van der Waals surface area contributed by atoms with Gasteiger partial charge in [-0.3, -0.25) is 4.79 Å². The minimum Gasteiger partial charge on any atom is -0.496 e. The Morgan fingerprint density at radius 1 is 1.18 bits per heavy atom. The summed E-state index contributed by atoms with van der Waals surface area (Å²) in [7, 11) is 1.62. The zero-order valence-corrected chi connectivity index (χ0v) is 12.3. The molecule has 1 aliphatic heterocycles. The Kier molecular flexibility index (Phi) is 4.10. The molecule has 0 aromatic heterocycles. The van der Waals surface area contributed by atoms with Crippen molar-refractivity contribution in [1.29, 1.82) is 0 Å². The molecule has 0 atom stereocenters. The Morgan fingerprint density at radius 3 is 2.82 bits per heavy atom. The number of nitrogens with one attached hydrogen (secondary N) is 1. The predicted octanol–water partition coefficient (Wildman–Crippen LogP) is 2.79. The molecule has 0 saturated carbocycles. The number of hydrogen-bond donors (Lipinski definition) is 1. The maximum atomic E-state index is 12.3. The molecule has 1 amide bonds. The molecule has 0 spiro atoms. The van der Waals surface area contributed by atoms with E-state index < -0.39 is 0 Å². The third-order valence-electron chi connectivity index (χ3n) is 3.56. The molecule has 2 aromatic rings. The number of fused-ring (bicyclic) bond motifs is 1. The summed E-state index contributed by atoms with van der Waals surface area (Å²) in [4.78, 5) is 12.3. The van der Waals surface area contributed by atoms with Crippen LogP contribution in [-0.4, -0.2) is 19.6 Å². The highest BCUT2D eigenvalue weighted by Crippen LogP contribution is 2.25. The average molecular weight is 295 g/mol. The zero-order valence-electron chi connectivity index (χ0n) is 12.3. The minimum absolute atomic E-state index is 0.125. The number of para-hydroxylation sites is 2. The van der Waals surface area contributed by atoms with Crippen LogP contribution in [0.25, 0.3) is 6.08 Å².